The highest BCUT2D eigenvalue weighted by Crippen LogP contribution is 2.25. The first-order chi connectivity index (χ1) is 9.27. The van der Waals surface area contributed by atoms with Gasteiger partial charge in [0.25, 0.3) is 0 Å². The summed E-state index contributed by atoms with van der Waals surface area (Å²) in [6.07, 6.45) is 5.10. The van der Waals surface area contributed by atoms with Gasteiger partial charge in [-0.25, -0.2) is 0 Å². The molecule has 0 aromatic heterocycles. The van der Waals surface area contributed by atoms with Gasteiger partial charge in [-0.3, -0.25) is 15.0 Å². The van der Waals surface area contributed by atoms with E-state index in [1.165, 1.54) is 31.7 Å². The van der Waals surface area contributed by atoms with Gasteiger partial charge < -0.3 is 4.74 Å². The number of nitrogens with zero attached hydrogens (tertiary/aromatic N) is 2. The largest absolute Gasteiger partial charge is 0.485 e. The van der Waals surface area contributed by atoms with E-state index >= 15 is 0 Å². The molecule has 0 N–H and O–H groups in total. The fraction of sp³-hybridized carbons (Fsp3) is 0.571. The van der Waals surface area contributed by atoms with E-state index in [9.17, 15) is 10.1 Å². The van der Waals surface area contributed by atoms with Gasteiger partial charge in [0.05, 0.1) is 4.92 Å². The Hall–Kier alpha value is -1.62. The van der Waals surface area contributed by atoms with Crippen molar-refractivity contribution in [3.05, 3.63) is 34.4 Å². The Morgan fingerprint density at radius 2 is 1.84 bits per heavy atom. The number of hydrogen-bond donors (Lipinski definition) is 0. The molecule has 19 heavy (non-hydrogen) atoms. The minimum Gasteiger partial charge on any atom is -0.485 e. The van der Waals surface area contributed by atoms with Crippen LogP contribution in [0.15, 0.2) is 24.3 Å². The van der Waals surface area contributed by atoms with Gasteiger partial charge in [0.2, 0.25) is 0 Å². The van der Waals surface area contributed by atoms with E-state index in [4.69, 9.17) is 4.74 Å². The average Bonchev–Trinajstić information content (AvgIpc) is 2.68. The normalized spacial score (nSPS) is 16.8. The topological polar surface area (TPSA) is 55.6 Å². The van der Waals surface area contributed by atoms with Crippen LogP contribution in [0.2, 0.25) is 0 Å². The zero-order chi connectivity index (χ0) is 13.5. The summed E-state index contributed by atoms with van der Waals surface area (Å²) < 4.78 is 5.56. The van der Waals surface area contributed by atoms with Crippen LogP contribution in [-0.2, 0) is 0 Å². The molecule has 1 aromatic rings. The Labute approximate surface area is 113 Å². The van der Waals surface area contributed by atoms with Gasteiger partial charge >= 0.3 is 5.69 Å². The molecule has 104 valence electrons. The van der Waals surface area contributed by atoms with Gasteiger partial charge in [0.15, 0.2) is 5.75 Å². The Balaban J connectivity index is 1.83. The zero-order valence-electron chi connectivity index (χ0n) is 11.1. The van der Waals surface area contributed by atoms with Crippen molar-refractivity contribution < 1.29 is 9.66 Å². The van der Waals surface area contributed by atoms with Gasteiger partial charge in [-0.05, 0) is 32.0 Å². The summed E-state index contributed by atoms with van der Waals surface area (Å²) in [5, 5.41) is 10.8. The molecule has 0 radical (unpaired) electrons. The first-order valence-electron chi connectivity index (χ1n) is 6.86. The molecule has 0 bridgehead atoms. The number of para-hydroxylation sites is 2. The lowest BCUT2D eigenvalue weighted by Crippen LogP contribution is -2.29. The third-order valence-electron chi connectivity index (χ3n) is 3.43. The summed E-state index contributed by atoms with van der Waals surface area (Å²) in [5.41, 5.74) is 0.0402. The highest BCUT2D eigenvalue weighted by Gasteiger charge is 2.14. The SMILES string of the molecule is O=[N+]([O-])c1ccccc1OCCN1CCCCCC1. The summed E-state index contributed by atoms with van der Waals surface area (Å²) >= 11 is 0. The molecule has 0 spiro atoms. The second-order valence-corrected chi connectivity index (χ2v) is 4.83. The number of likely N-dealkylation sites (tertiary alicyclic amines) is 1. The minimum atomic E-state index is -0.402. The van der Waals surface area contributed by atoms with Crippen LogP contribution in [0.4, 0.5) is 5.69 Å². The molecule has 0 unspecified atom stereocenters. The van der Waals surface area contributed by atoms with Gasteiger partial charge in [-0.15, -0.1) is 0 Å². The molecule has 5 heteroatoms. The van der Waals surface area contributed by atoms with Crippen molar-refractivity contribution in [3.63, 3.8) is 0 Å². The molecule has 5 nitrogen and oxygen atoms in total. The first-order valence-corrected chi connectivity index (χ1v) is 6.86. The van der Waals surface area contributed by atoms with Crippen LogP contribution in [0.5, 0.6) is 5.75 Å². The smallest absolute Gasteiger partial charge is 0.310 e. The molecule has 0 atom stereocenters. The summed E-state index contributed by atoms with van der Waals surface area (Å²) in [4.78, 5) is 12.8. The van der Waals surface area contributed by atoms with E-state index in [0.29, 0.717) is 12.4 Å². The maximum absolute atomic E-state index is 10.8. The predicted molar refractivity (Wildman–Crippen MR) is 73.5 cm³/mol. The fourth-order valence-electron chi connectivity index (χ4n) is 2.37. The van der Waals surface area contributed by atoms with Crippen LogP contribution in [0.25, 0.3) is 0 Å². The molecule has 1 saturated heterocycles. The lowest BCUT2D eigenvalue weighted by molar-refractivity contribution is -0.385. The number of rotatable bonds is 5. The first kappa shape index (κ1) is 13.8. The molecule has 0 aliphatic carbocycles. The van der Waals surface area contributed by atoms with Gasteiger partial charge in [0.1, 0.15) is 6.61 Å². The van der Waals surface area contributed by atoms with E-state index in [1.54, 1.807) is 18.2 Å². The monoisotopic (exact) mass is 264 g/mol. The molecule has 0 amide bonds. The molecule has 1 aromatic carbocycles. The van der Waals surface area contributed by atoms with E-state index in [1.807, 2.05) is 0 Å². The second-order valence-electron chi connectivity index (χ2n) is 4.83. The molecular formula is C14H20N2O3. The van der Waals surface area contributed by atoms with E-state index in [0.717, 1.165) is 19.6 Å². The maximum atomic E-state index is 10.8. The lowest BCUT2D eigenvalue weighted by Gasteiger charge is -2.19. The van der Waals surface area contributed by atoms with Crippen LogP contribution in [-0.4, -0.2) is 36.1 Å². The van der Waals surface area contributed by atoms with E-state index in [-0.39, 0.29) is 5.69 Å². The lowest BCUT2D eigenvalue weighted by atomic mass is 10.2. The average molecular weight is 264 g/mol. The standard InChI is InChI=1S/C14H20N2O3/c17-16(18)13-7-3-4-8-14(13)19-12-11-15-9-5-1-2-6-10-15/h3-4,7-8H,1-2,5-6,9-12H2. The van der Waals surface area contributed by atoms with Crippen molar-refractivity contribution in [1.82, 2.24) is 4.90 Å². The number of ether oxygens (including phenoxy) is 1. The third-order valence-corrected chi connectivity index (χ3v) is 3.43. The maximum Gasteiger partial charge on any atom is 0.310 e. The quantitative estimate of drug-likeness (QED) is 0.606. The molecular weight excluding hydrogens is 244 g/mol. The van der Waals surface area contributed by atoms with Crippen molar-refractivity contribution in [2.45, 2.75) is 25.7 Å². The van der Waals surface area contributed by atoms with Crippen LogP contribution in [0.1, 0.15) is 25.7 Å². The van der Waals surface area contributed by atoms with Crippen molar-refractivity contribution in [1.29, 1.82) is 0 Å². The molecule has 1 fully saturated rings. The van der Waals surface area contributed by atoms with Gasteiger partial charge in [-0.2, -0.15) is 0 Å². The Bertz CT molecular complexity index is 415. The van der Waals surface area contributed by atoms with E-state index in [2.05, 4.69) is 4.90 Å². The Morgan fingerprint density at radius 1 is 1.16 bits per heavy atom. The molecule has 1 aliphatic heterocycles. The Morgan fingerprint density at radius 3 is 2.53 bits per heavy atom. The predicted octanol–water partition coefficient (Wildman–Crippen LogP) is 2.85. The summed E-state index contributed by atoms with van der Waals surface area (Å²) in [6.45, 7) is 3.57. The van der Waals surface area contributed by atoms with Gasteiger partial charge in [-0.1, -0.05) is 25.0 Å². The van der Waals surface area contributed by atoms with Crippen molar-refractivity contribution in [2.24, 2.45) is 0 Å². The van der Waals surface area contributed by atoms with E-state index < -0.39 is 4.92 Å². The summed E-state index contributed by atoms with van der Waals surface area (Å²) in [5.74, 6) is 0.363. The van der Waals surface area contributed by atoms with Crippen LogP contribution < -0.4 is 4.74 Å². The van der Waals surface area contributed by atoms with Crippen molar-refractivity contribution >= 4 is 5.69 Å². The highest BCUT2D eigenvalue weighted by molar-refractivity contribution is 5.45. The summed E-state index contributed by atoms with van der Waals surface area (Å²) in [7, 11) is 0. The molecule has 0 saturated carbocycles. The van der Waals surface area contributed by atoms with Crippen molar-refractivity contribution in [3.8, 4) is 5.75 Å². The minimum absolute atomic E-state index is 0.0402. The summed E-state index contributed by atoms with van der Waals surface area (Å²) in [6, 6.07) is 6.54. The zero-order valence-corrected chi connectivity index (χ0v) is 11.1. The van der Waals surface area contributed by atoms with Gasteiger partial charge in [0, 0.05) is 12.6 Å². The molecule has 1 heterocycles. The number of hydrogen-bond acceptors (Lipinski definition) is 4. The molecule has 2 rings (SSSR count). The number of benzene rings is 1. The fourth-order valence-corrected chi connectivity index (χ4v) is 2.37. The molecule has 1 aliphatic rings. The number of nitro groups is 1. The van der Waals surface area contributed by atoms with Crippen LogP contribution in [0, 0.1) is 10.1 Å². The Kier molecular flexibility index (Phi) is 5.15. The third kappa shape index (κ3) is 4.21. The van der Waals surface area contributed by atoms with Crippen molar-refractivity contribution in [2.75, 3.05) is 26.2 Å². The second kappa shape index (κ2) is 7.09. The number of nitro benzene ring substituents is 1. The van der Waals surface area contributed by atoms with Crippen LogP contribution >= 0.6 is 0 Å². The van der Waals surface area contributed by atoms with Crippen LogP contribution in [0.3, 0.4) is 0 Å². The highest BCUT2D eigenvalue weighted by atomic mass is 16.6.